The van der Waals surface area contributed by atoms with Gasteiger partial charge in [-0.05, 0) is 12.8 Å². The zero-order chi connectivity index (χ0) is 32.6. The quantitative estimate of drug-likeness (QED) is 0.0402. The largest absolute Gasteiger partial charge is 0.469 e. The molecule has 1 atom stereocenters. The van der Waals surface area contributed by atoms with E-state index in [0.717, 1.165) is 19.3 Å². The van der Waals surface area contributed by atoms with E-state index in [1.165, 1.54) is 135 Å². The fraction of sp³-hybridized carbons (Fsp3) is 0.943. The first-order chi connectivity index (χ1) is 21.3. The van der Waals surface area contributed by atoms with Gasteiger partial charge in [-0.1, -0.05) is 168 Å². The molecular weight excluding hydrogens is 579 g/mol. The van der Waals surface area contributed by atoms with Crippen molar-refractivity contribution in [2.24, 2.45) is 0 Å². The van der Waals surface area contributed by atoms with Crippen molar-refractivity contribution in [3.05, 3.63) is 0 Å². The summed E-state index contributed by atoms with van der Waals surface area (Å²) in [7, 11) is -4.72. The highest BCUT2D eigenvalue weighted by atomic mass is 31.2. The molecule has 0 aliphatic carbocycles. The van der Waals surface area contributed by atoms with Crippen LogP contribution < -0.4 is 0 Å². The molecule has 0 radical (unpaired) electrons. The molecule has 0 aliphatic heterocycles. The van der Waals surface area contributed by atoms with Crippen molar-refractivity contribution in [1.29, 1.82) is 0 Å². The van der Waals surface area contributed by atoms with Crippen molar-refractivity contribution in [3.63, 3.8) is 0 Å². The zero-order valence-corrected chi connectivity index (χ0v) is 29.5. The van der Waals surface area contributed by atoms with Gasteiger partial charge in [-0.2, -0.15) is 0 Å². The summed E-state index contributed by atoms with van der Waals surface area (Å²) in [5.41, 5.74) is 0. The lowest BCUT2D eigenvalue weighted by Crippen LogP contribution is -2.29. The average molecular weight is 649 g/mol. The van der Waals surface area contributed by atoms with Gasteiger partial charge in [-0.3, -0.25) is 14.1 Å². The Balaban J connectivity index is 3.57. The van der Waals surface area contributed by atoms with E-state index in [2.05, 4.69) is 11.4 Å². The molecule has 0 saturated heterocycles. The number of ether oxygens (including phenoxy) is 2. The summed E-state index contributed by atoms with van der Waals surface area (Å²) in [6.45, 7) is 3.42. The third kappa shape index (κ3) is 33.9. The van der Waals surface area contributed by atoms with Crippen molar-refractivity contribution in [2.75, 3.05) is 13.2 Å². The first-order valence-corrected chi connectivity index (χ1v) is 19.9. The van der Waals surface area contributed by atoms with Crippen LogP contribution >= 0.6 is 7.82 Å². The average Bonchev–Trinajstić information content (AvgIpc) is 2.99. The number of unbranched alkanes of at least 4 members (excludes halogenated alkanes) is 24. The summed E-state index contributed by atoms with van der Waals surface area (Å²) in [6.07, 6.45) is 32.6. The van der Waals surface area contributed by atoms with Gasteiger partial charge in [0.05, 0.1) is 6.61 Å². The Morgan fingerprint density at radius 1 is 0.500 bits per heavy atom. The second kappa shape index (κ2) is 32.0. The Morgan fingerprint density at radius 2 is 0.841 bits per heavy atom. The fourth-order valence-electron chi connectivity index (χ4n) is 5.35. The second-order valence-electron chi connectivity index (χ2n) is 12.6. The smallest absolute Gasteiger partial charge is 0.462 e. The maximum absolute atomic E-state index is 12.2. The number of carbonyl (C=O) groups excluding carboxylic acids is 2. The van der Waals surface area contributed by atoms with E-state index in [-0.39, 0.29) is 19.4 Å². The molecule has 0 aromatic carbocycles. The molecule has 9 heteroatoms. The maximum Gasteiger partial charge on any atom is 0.469 e. The van der Waals surface area contributed by atoms with Crippen LogP contribution in [0.3, 0.4) is 0 Å². The molecule has 0 fully saturated rings. The van der Waals surface area contributed by atoms with Gasteiger partial charge < -0.3 is 19.3 Å². The minimum atomic E-state index is -4.72. The third-order valence-electron chi connectivity index (χ3n) is 8.13. The predicted octanol–water partition coefficient (Wildman–Crippen LogP) is 10.5. The minimum absolute atomic E-state index is 0.218. The number of rotatable bonds is 34. The zero-order valence-electron chi connectivity index (χ0n) is 28.6. The Kier molecular flexibility index (Phi) is 31.3. The highest BCUT2D eigenvalue weighted by molar-refractivity contribution is 7.46. The maximum atomic E-state index is 12.2. The SMILES string of the molecule is CCCCCCCCCCCCCCCCCCCCCCCCCCC(=O)OC(COC(=O)CCCC)COP(=O)(O)O. The second-order valence-corrected chi connectivity index (χ2v) is 13.8. The van der Waals surface area contributed by atoms with Crippen molar-refractivity contribution >= 4 is 19.8 Å². The highest BCUT2D eigenvalue weighted by Gasteiger charge is 2.22. The molecule has 0 aliphatic rings. The lowest BCUT2D eigenvalue weighted by molar-refractivity contribution is -0.161. The summed E-state index contributed by atoms with van der Waals surface area (Å²) < 4.78 is 25.8. The van der Waals surface area contributed by atoms with Crippen LogP contribution in [0.4, 0.5) is 0 Å². The van der Waals surface area contributed by atoms with Crippen LogP contribution in [0.5, 0.6) is 0 Å². The van der Waals surface area contributed by atoms with E-state index in [9.17, 15) is 14.2 Å². The first-order valence-electron chi connectivity index (χ1n) is 18.3. The number of esters is 2. The van der Waals surface area contributed by atoms with Crippen LogP contribution in [-0.4, -0.2) is 41.0 Å². The van der Waals surface area contributed by atoms with Gasteiger partial charge >= 0.3 is 19.8 Å². The van der Waals surface area contributed by atoms with E-state index in [1.54, 1.807) is 0 Å². The monoisotopic (exact) mass is 648 g/mol. The molecular formula is C35H69O8P. The summed E-state index contributed by atoms with van der Waals surface area (Å²) >= 11 is 0. The van der Waals surface area contributed by atoms with Gasteiger partial charge in [0, 0.05) is 12.8 Å². The molecule has 8 nitrogen and oxygen atoms in total. The van der Waals surface area contributed by atoms with Crippen molar-refractivity contribution in [3.8, 4) is 0 Å². The number of hydrogen-bond acceptors (Lipinski definition) is 6. The van der Waals surface area contributed by atoms with Gasteiger partial charge in [0.2, 0.25) is 0 Å². The van der Waals surface area contributed by atoms with Crippen LogP contribution in [-0.2, 0) is 28.2 Å². The molecule has 44 heavy (non-hydrogen) atoms. The molecule has 0 amide bonds. The minimum Gasteiger partial charge on any atom is -0.462 e. The van der Waals surface area contributed by atoms with E-state index in [4.69, 9.17) is 19.3 Å². The fourth-order valence-corrected chi connectivity index (χ4v) is 5.71. The topological polar surface area (TPSA) is 119 Å². The van der Waals surface area contributed by atoms with Crippen LogP contribution in [0.25, 0.3) is 0 Å². The number of carbonyl (C=O) groups is 2. The normalized spacial score (nSPS) is 12.4. The number of phosphoric acid groups is 1. The molecule has 0 heterocycles. The summed E-state index contributed by atoms with van der Waals surface area (Å²) in [5, 5.41) is 0. The standard InChI is InChI=1S/C35H69O8P/c1-3-5-7-8-9-10-11-12-13-14-15-16-17-18-19-20-21-22-23-24-25-26-27-28-30-35(37)43-33(32-42-44(38,39)40)31-41-34(36)29-6-4-2/h33H,3-32H2,1-2H3,(H2,38,39,40). The van der Waals surface area contributed by atoms with Crippen molar-refractivity contribution in [1.82, 2.24) is 0 Å². The van der Waals surface area contributed by atoms with Crippen molar-refractivity contribution in [2.45, 2.75) is 200 Å². The van der Waals surface area contributed by atoms with Crippen LogP contribution in [0.1, 0.15) is 194 Å². The molecule has 0 bridgehead atoms. The van der Waals surface area contributed by atoms with E-state index >= 15 is 0 Å². The Morgan fingerprint density at radius 3 is 1.20 bits per heavy atom. The van der Waals surface area contributed by atoms with Crippen LogP contribution in [0.2, 0.25) is 0 Å². The van der Waals surface area contributed by atoms with Gasteiger partial charge in [0.1, 0.15) is 6.61 Å². The number of hydrogen-bond donors (Lipinski definition) is 2. The van der Waals surface area contributed by atoms with E-state index in [0.29, 0.717) is 12.8 Å². The van der Waals surface area contributed by atoms with Gasteiger partial charge in [-0.15, -0.1) is 0 Å². The molecule has 0 aromatic heterocycles. The highest BCUT2D eigenvalue weighted by Crippen LogP contribution is 2.36. The molecule has 0 rings (SSSR count). The van der Waals surface area contributed by atoms with Crippen LogP contribution in [0.15, 0.2) is 0 Å². The van der Waals surface area contributed by atoms with E-state index < -0.39 is 32.5 Å². The molecule has 2 N–H and O–H groups in total. The van der Waals surface area contributed by atoms with Gasteiger partial charge in [0.15, 0.2) is 6.10 Å². The Bertz CT molecular complexity index is 696. The summed E-state index contributed by atoms with van der Waals surface area (Å²) in [6, 6.07) is 0. The number of phosphoric ester groups is 1. The molecule has 0 aromatic rings. The lowest BCUT2D eigenvalue weighted by Gasteiger charge is -2.18. The molecule has 0 saturated carbocycles. The summed E-state index contributed by atoms with van der Waals surface area (Å²) in [5.74, 6) is -0.915. The lowest BCUT2D eigenvalue weighted by atomic mass is 10.0. The van der Waals surface area contributed by atoms with Gasteiger partial charge in [0.25, 0.3) is 0 Å². The van der Waals surface area contributed by atoms with Crippen molar-refractivity contribution < 1.29 is 37.9 Å². The molecule has 0 spiro atoms. The molecule has 262 valence electrons. The van der Waals surface area contributed by atoms with Crippen LogP contribution in [0, 0.1) is 0 Å². The van der Waals surface area contributed by atoms with E-state index in [1.807, 2.05) is 6.92 Å². The first kappa shape index (κ1) is 43.0. The third-order valence-corrected chi connectivity index (χ3v) is 8.61. The Labute approximate surface area is 270 Å². The molecule has 1 unspecified atom stereocenters. The summed E-state index contributed by atoms with van der Waals surface area (Å²) in [4.78, 5) is 41.8. The van der Waals surface area contributed by atoms with Gasteiger partial charge in [-0.25, -0.2) is 4.57 Å². The Hall–Kier alpha value is -0.950. The predicted molar refractivity (Wildman–Crippen MR) is 179 cm³/mol.